The van der Waals surface area contributed by atoms with Crippen LogP contribution in [0.2, 0.25) is 0 Å². The minimum atomic E-state index is -1.16. The van der Waals surface area contributed by atoms with E-state index in [9.17, 15) is 9.59 Å². The van der Waals surface area contributed by atoms with Crippen molar-refractivity contribution in [1.29, 1.82) is 0 Å². The summed E-state index contributed by atoms with van der Waals surface area (Å²) in [4.78, 5) is 22.8. The Bertz CT molecular complexity index is 500. The van der Waals surface area contributed by atoms with E-state index in [-0.39, 0.29) is 13.0 Å². The second kappa shape index (κ2) is 5.71. The Morgan fingerprint density at radius 1 is 1.42 bits per heavy atom. The molecule has 1 atom stereocenters. The van der Waals surface area contributed by atoms with E-state index in [2.05, 4.69) is 5.32 Å². The van der Waals surface area contributed by atoms with Gasteiger partial charge < -0.3 is 20.3 Å². The van der Waals surface area contributed by atoms with Gasteiger partial charge in [-0.05, 0) is 23.8 Å². The number of hydrogen-bond acceptors (Lipinski definition) is 4. The van der Waals surface area contributed by atoms with E-state index >= 15 is 0 Å². The van der Waals surface area contributed by atoms with Crippen LogP contribution in [0.25, 0.3) is 0 Å². The van der Waals surface area contributed by atoms with E-state index in [0.29, 0.717) is 12.2 Å². The highest BCUT2D eigenvalue weighted by Gasteiger charge is 2.21. The molecule has 1 aromatic carbocycles. The summed E-state index contributed by atoms with van der Waals surface area (Å²) in [6.07, 6.45) is 0.727. The Hall–Kier alpha value is -2.08. The molecule has 1 aliphatic rings. The molecule has 1 aromatic rings. The molecule has 0 aliphatic carbocycles. The van der Waals surface area contributed by atoms with Gasteiger partial charge in [0.15, 0.2) is 0 Å². The molecule has 0 fully saturated rings. The summed E-state index contributed by atoms with van der Waals surface area (Å²) in [5, 5.41) is 20.1. The molecule has 0 spiro atoms. The highest BCUT2D eigenvalue weighted by Crippen LogP contribution is 2.25. The normalized spacial score (nSPS) is 14.4. The third-order valence-corrected chi connectivity index (χ3v) is 2.97. The number of benzene rings is 1. The topological polar surface area (TPSA) is 95.9 Å². The van der Waals surface area contributed by atoms with E-state index in [4.69, 9.17) is 14.9 Å². The summed E-state index contributed by atoms with van der Waals surface area (Å²) in [6.45, 7) is 0.304. The number of carboxylic acids is 1. The molecular weight excluding hydrogens is 250 g/mol. The maximum atomic E-state index is 11.9. The van der Waals surface area contributed by atoms with Gasteiger partial charge in [0, 0.05) is 25.0 Å². The third kappa shape index (κ3) is 3.03. The van der Waals surface area contributed by atoms with E-state index in [1.807, 2.05) is 0 Å². The van der Waals surface area contributed by atoms with Crippen molar-refractivity contribution in [3.63, 3.8) is 0 Å². The first-order valence-electron chi connectivity index (χ1n) is 6.02. The van der Waals surface area contributed by atoms with Gasteiger partial charge in [-0.25, -0.2) is 4.79 Å². The van der Waals surface area contributed by atoms with Crippen molar-refractivity contribution in [3.8, 4) is 5.75 Å². The maximum absolute atomic E-state index is 11.9. The second-order valence-electron chi connectivity index (χ2n) is 4.30. The summed E-state index contributed by atoms with van der Waals surface area (Å²) in [5.41, 5.74) is 1.34. The zero-order valence-corrected chi connectivity index (χ0v) is 10.3. The number of amides is 1. The predicted octanol–water partition coefficient (Wildman–Crippen LogP) is 0.187. The zero-order valence-electron chi connectivity index (χ0n) is 10.3. The molecule has 6 nitrogen and oxygen atoms in total. The highest BCUT2D eigenvalue weighted by molar-refractivity contribution is 5.96. The molecule has 1 aliphatic heterocycles. The van der Waals surface area contributed by atoms with E-state index in [1.165, 1.54) is 0 Å². The van der Waals surface area contributed by atoms with Crippen molar-refractivity contribution in [2.24, 2.45) is 0 Å². The van der Waals surface area contributed by atoms with Crippen LogP contribution in [0.4, 0.5) is 0 Å². The summed E-state index contributed by atoms with van der Waals surface area (Å²) >= 11 is 0. The smallest absolute Gasteiger partial charge is 0.326 e. The van der Waals surface area contributed by atoms with E-state index in [1.54, 1.807) is 18.2 Å². The largest absolute Gasteiger partial charge is 0.493 e. The Morgan fingerprint density at radius 2 is 2.21 bits per heavy atom. The van der Waals surface area contributed by atoms with Crippen molar-refractivity contribution >= 4 is 11.9 Å². The molecule has 6 heteroatoms. The fourth-order valence-corrected chi connectivity index (χ4v) is 1.96. The quantitative estimate of drug-likeness (QED) is 0.706. The zero-order chi connectivity index (χ0) is 13.8. The first-order chi connectivity index (χ1) is 9.11. The van der Waals surface area contributed by atoms with Gasteiger partial charge in [-0.3, -0.25) is 4.79 Å². The molecule has 0 unspecified atom stereocenters. The Balaban J connectivity index is 2.09. The monoisotopic (exact) mass is 265 g/mol. The first kappa shape index (κ1) is 13.4. The van der Waals surface area contributed by atoms with Crippen LogP contribution < -0.4 is 10.1 Å². The first-order valence-corrected chi connectivity index (χ1v) is 6.02. The van der Waals surface area contributed by atoms with Gasteiger partial charge >= 0.3 is 5.97 Å². The van der Waals surface area contributed by atoms with Crippen LogP contribution >= 0.6 is 0 Å². The van der Waals surface area contributed by atoms with Gasteiger partial charge in [0.05, 0.1) is 6.61 Å². The third-order valence-electron chi connectivity index (χ3n) is 2.97. The number of nitrogens with one attached hydrogen (secondary N) is 1. The molecule has 0 saturated heterocycles. The highest BCUT2D eigenvalue weighted by atomic mass is 16.5. The van der Waals surface area contributed by atoms with Gasteiger partial charge in [-0.2, -0.15) is 0 Å². The summed E-state index contributed by atoms with van der Waals surface area (Å²) in [5.74, 6) is -0.857. The molecule has 0 bridgehead atoms. The van der Waals surface area contributed by atoms with Crippen molar-refractivity contribution in [1.82, 2.24) is 5.32 Å². The minimum Gasteiger partial charge on any atom is -0.493 e. The SMILES string of the molecule is O=C(N[C@H](CCO)C(=O)O)c1ccc2c(c1)CCO2. The number of carbonyl (C=O) groups excluding carboxylic acids is 1. The van der Waals surface area contributed by atoms with Crippen LogP contribution in [0.15, 0.2) is 18.2 Å². The van der Waals surface area contributed by atoms with Crippen LogP contribution in [-0.2, 0) is 11.2 Å². The van der Waals surface area contributed by atoms with Crippen LogP contribution in [0.3, 0.4) is 0 Å². The number of carbonyl (C=O) groups is 2. The van der Waals surface area contributed by atoms with Gasteiger partial charge in [-0.1, -0.05) is 0 Å². The van der Waals surface area contributed by atoms with Gasteiger partial charge in [0.2, 0.25) is 0 Å². The predicted molar refractivity (Wildman–Crippen MR) is 66.2 cm³/mol. The lowest BCUT2D eigenvalue weighted by atomic mass is 10.1. The Kier molecular flexibility index (Phi) is 4.01. The fourth-order valence-electron chi connectivity index (χ4n) is 1.96. The summed E-state index contributed by atoms with van der Waals surface area (Å²) < 4.78 is 5.33. The van der Waals surface area contributed by atoms with Crippen LogP contribution in [-0.4, -0.2) is 41.3 Å². The van der Waals surface area contributed by atoms with Crippen molar-refractivity contribution in [3.05, 3.63) is 29.3 Å². The number of fused-ring (bicyclic) bond motifs is 1. The number of hydrogen-bond donors (Lipinski definition) is 3. The number of aliphatic carboxylic acids is 1. The number of aliphatic hydroxyl groups is 1. The molecule has 2 rings (SSSR count). The lowest BCUT2D eigenvalue weighted by molar-refractivity contribution is -0.139. The van der Waals surface area contributed by atoms with E-state index < -0.39 is 17.9 Å². The van der Waals surface area contributed by atoms with Gasteiger partial charge in [0.1, 0.15) is 11.8 Å². The minimum absolute atomic E-state index is 0.0187. The van der Waals surface area contributed by atoms with E-state index in [0.717, 1.165) is 17.7 Å². The molecular formula is C13H15NO5. The van der Waals surface area contributed by atoms with Gasteiger partial charge in [-0.15, -0.1) is 0 Å². The van der Waals surface area contributed by atoms with Gasteiger partial charge in [0.25, 0.3) is 5.91 Å². The molecule has 19 heavy (non-hydrogen) atoms. The molecule has 3 N–H and O–H groups in total. The average Bonchev–Trinajstić information content (AvgIpc) is 2.85. The number of ether oxygens (including phenoxy) is 1. The molecule has 0 radical (unpaired) electrons. The molecule has 0 saturated carbocycles. The van der Waals surface area contributed by atoms with Crippen LogP contribution in [0.1, 0.15) is 22.3 Å². The standard InChI is InChI=1S/C13H15NO5/c15-5-3-10(13(17)18)14-12(16)9-1-2-11-8(7-9)4-6-19-11/h1-2,7,10,15H,3-6H2,(H,14,16)(H,17,18)/t10-/m1/s1. The number of carboxylic acid groups (broad SMARTS) is 1. The van der Waals surface area contributed by atoms with Crippen molar-refractivity contribution in [2.45, 2.75) is 18.9 Å². The Labute approximate surface area is 110 Å². The lowest BCUT2D eigenvalue weighted by Gasteiger charge is -2.13. The van der Waals surface area contributed by atoms with Crippen molar-refractivity contribution in [2.75, 3.05) is 13.2 Å². The number of rotatable bonds is 5. The summed E-state index contributed by atoms with van der Waals surface area (Å²) in [7, 11) is 0. The number of aliphatic hydroxyl groups excluding tert-OH is 1. The average molecular weight is 265 g/mol. The maximum Gasteiger partial charge on any atom is 0.326 e. The van der Waals surface area contributed by atoms with Crippen LogP contribution in [0, 0.1) is 0 Å². The second-order valence-corrected chi connectivity index (χ2v) is 4.30. The summed E-state index contributed by atoms with van der Waals surface area (Å²) in [6, 6.07) is 3.92. The lowest BCUT2D eigenvalue weighted by Crippen LogP contribution is -2.41. The van der Waals surface area contributed by atoms with Crippen molar-refractivity contribution < 1.29 is 24.5 Å². The molecule has 102 valence electrons. The Morgan fingerprint density at radius 3 is 2.89 bits per heavy atom. The van der Waals surface area contributed by atoms with Crippen LogP contribution in [0.5, 0.6) is 5.75 Å². The molecule has 0 aromatic heterocycles. The molecule has 1 amide bonds. The fraction of sp³-hybridized carbons (Fsp3) is 0.385. The molecule has 1 heterocycles.